The molecular weight excluding hydrogens is 331 g/mol. The lowest BCUT2D eigenvalue weighted by atomic mass is 10.2. The number of pyridine rings is 1. The SMILES string of the molecule is Fc1cncc(CN2CCN(Cc3ccc(OC(F)F)cc3)CC2)c1. The smallest absolute Gasteiger partial charge is 0.387 e. The van der Waals surface area contributed by atoms with Crippen molar-refractivity contribution < 1.29 is 17.9 Å². The topological polar surface area (TPSA) is 28.6 Å². The molecule has 0 amide bonds. The second-order valence-electron chi connectivity index (χ2n) is 6.09. The fourth-order valence-electron chi connectivity index (χ4n) is 2.94. The third kappa shape index (κ3) is 5.44. The molecule has 0 radical (unpaired) electrons. The monoisotopic (exact) mass is 351 g/mol. The Morgan fingerprint density at radius 2 is 1.52 bits per heavy atom. The van der Waals surface area contributed by atoms with Crippen LogP contribution in [0.3, 0.4) is 0 Å². The molecule has 0 aliphatic carbocycles. The Hall–Kier alpha value is -2.12. The highest BCUT2D eigenvalue weighted by atomic mass is 19.3. The first-order valence-corrected chi connectivity index (χ1v) is 8.16. The highest BCUT2D eigenvalue weighted by molar-refractivity contribution is 5.27. The molecular formula is C18H20F3N3O. The van der Waals surface area contributed by atoms with Crippen LogP contribution in [0.25, 0.3) is 0 Å². The van der Waals surface area contributed by atoms with E-state index in [0.717, 1.165) is 43.9 Å². The van der Waals surface area contributed by atoms with Crippen molar-refractivity contribution in [2.75, 3.05) is 26.2 Å². The van der Waals surface area contributed by atoms with Crippen LogP contribution in [0.2, 0.25) is 0 Å². The van der Waals surface area contributed by atoms with E-state index in [1.165, 1.54) is 12.3 Å². The molecule has 0 N–H and O–H groups in total. The van der Waals surface area contributed by atoms with Gasteiger partial charge >= 0.3 is 6.61 Å². The summed E-state index contributed by atoms with van der Waals surface area (Å²) in [7, 11) is 0. The second-order valence-corrected chi connectivity index (χ2v) is 6.09. The Morgan fingerprint density at radius 3 is 2.08 bits per heavy atom. The van der Waals surface area contributed by atoms with Gasteiger partial charge in [0.2, 0.25) is 0 Å². The van der Waals surface area contributed by atoms with Crippen molar-refractivity contribution in [2.24, 2.45) is 0 Å². The Kier molecular flexibility index (Phi) is 5.88. The maximum Gasteiger partial charge on any atom is 0.387 e. The van der Waals surface area contributed by atoms with Gasteiger partial charge in [-0.3, -0.25) is 14.8 Å². The molecule has 1 aliphatic rings. The van der Waals surface area contributed by atoms with Crippen molar-refractivity contribution in [1.82, 2.24) is 14.8 Å². The highest BCUT2D eigenvalue weighted by Crippen LogP contribution is 2.17. The van der Waals surface area contributed by atoms with Gasteiger partial charge in [-0.25, -0.2) is 4.39 Å². The molecule has 3 rings (SSSR count). The zero-order valence-electron chi connectivity index (χ0n) is 13.7. The first kappa shape index (κ1) is 17.7. The summed E-state index contributed by atoms with van der Waals surface area (Å²) >= 11 is 0. The summed E-state index contributed by atoms with van der Waals surface area (Å²) in [5.74, 6) is -0.136. The van der Waals surface area contributed by atoms with E-state index >= 15 is 0 Å². The largest absolute Gasteiger partial charge is 0.435 e. The van der Waals surface area contributed by atoms with Crippen LogP contribution in [0.1, 0.15) is 11.1 Å². The number of rotatable bonds is 6. The van der Waals surface area contributed by atoms with Crippen LogP contribution in [-0.4, -0.2) is 47.6 Å². The summed E-state index contributed by atoms with van der Waals surface area (Å²) in [6.45, 7) is 2.25. The van der Waals surface area contributed by atoms with Gasteiger partial charge in [-0.1, -0.05) is 12.1 Å². The van der Waals surface area contributed by atoms with Gasteiger partial charge < -0.3 is 4.74 Å². The minimum atomic E-state index is -2.80. The van der Waals surface area contributed by atoms with Gasteiger partial charge in [-0.05, 0) is 29.3 Å². The number of piperazine rings is 1. The van der Waals surface area contributed by atoms with Gasteiger partial charge in [0.25, 0.3) is 0 Å². The molecule has 1 saturated heterocycles. The maximum absolute atomic E-state index is 13.2. The number of hydrogen-bond donors (Lipinski definition) is 0. The van der Waals surface area contributed by atoms with Crippen LogP contribution >= 0.6 is 0 Å². The van der Waals surface area contributed by atoms with Crippen molar-refractivity contribution >= 4 is 0 Å². The molecule has 25 heavy (non-hydrogen) atoms. The molecule has 1 aromatic carbocycles. The summed E-state index contributed by atoms with van der Waals surface area (Å²) in [6.07, 6.45) is 2.90. The standard InChI is InChI=1S/C18H20F3N3O/c19-16-9-15(10-22-11-16)13-24-7-5-23(6-8-24)12-14-1-3-17(4-2-14)25-18(20)21/h1-4,9-11,18H,5-8,12-13H2. The Bertz CT molecular complexity index is 674. The lowest BCUT2D eigenvalue weighted by Crippen LogP contribution is -2.45. The number of aromatic nitrogens is 1. The number of ether oxygens (including phenoxy) is 1. The van der Waals surface area contributed by atoms with E-state index in [1.807, 2.05) is 12.1 Å². The van der Waals surface area contributed by atoms with Gasteiger partial charge in [-0.2, -0.15) is 8.78 Å². The number of hydrogen-bond acceptors (Lipinski definition) is 4. The van der Waals surface area contributed by atoms with Crippen molar-refractivity contribution in [3.63, 3.8) is 0 Å². The van der Waals surface area contributed by atoms with E-state index in [4.69, 9.17) is 0 Å². The van der Waals surface area contributed by atoms with Crippen molar-refractivity contribution in [2.45, 2.75) is 19.7 Å². The summed E-state index contributed by atoms with van der Waals surface area (Å²) in [5.41, 5.74) is 1.94. The molecule has 2 heterocycles. The van der Waals surface area contributed by atoms with E-state index in [2.05, 4.69) is 19.5 Å². The molecule has 134 valence electrons. The van der Waals surface area contributed by atoms with Gasteiger partial charge in [0.05, 0.1) is 6.20 Å². The molecule has 0 atom stereocenters. The third-order valence-electron chi connectivity index (χ3n) is 4.19. The zero-order chi connectivity index (χ0) is 17.6. The van der Waals surface area contributed by atoms with Gasteiger partial charge in [0, 0.05) is 45.5 Å². The van der Waals surface area contributed by atoms with Crippen LogP contribution < -0.4 is 4.74 Å². The van der Waals surface area contributed by atoms with Crippen molar-refractivity contribution in [3.05, 3.63) is 59.7 Å². The van der Waals surface area contributed by atoms with Gasteiger partial charge in [0.15, 0.2) is 0 Å². The average Bonchev–Trinajstić information content (AvgIpc) is 2.58. The normalized spacial score (nSPS) is 16.3. The fourth-order valence-corrected chi connectivity index (χ4v) is 2.94. The number of alkyl halides is 2. The minimum absolute atomic E-state index is 0.173. The average molecular weight is 351 g/mol. The Morgan fingerprint density at radius 1 is 0.920 bits per heavy atom. The molecule has 2 aromatic rings. The number of nitrogens with zero attached hydrogens (tertiary/aromatic N) is 3. The van der Waals surface area contributed by atoms with Gasteiger partial charge in [-0.15, -0.1) is 0 Å². The first-order valence-electron chi connectivity index (χ1n) is 8.16. The van der Waals surface area contributed by atoms with E-state index in [1.54, 1.807) is 18.3 Å². The van der Waals surface area contributed by atoms with Crippen LogP contribution in [0.5, 0.6) is 5.75 Å². The lowest BCUT2D eigenvalue weighted by molar-refractivity contribution is -0.0498. The summed E-state index contributed by atoms with van der Waals surface area (Å²) in [5, 5.41) is 0. The van der Waals surface area contributed by atoms with E-state index in [0.29, 0.717) is 6.54 Å². The molecule has 0 bridgehead atoms. The first-order chi connectivity index (χ1) is 12.1. The minimum Gasteiger partial charge on any atom is -0.435 e. The van der Waals surface area contributed by atoms with Crippen LogP contribution in [0.15, 0.2) is 42.7 Å². The third-order valence-corrected chi connectivity index (χ3v) is 4.19. The van der Waals surface area contributed by atoms with E-state index in [-0.39, 0.29) is 11.6 Å². The second kappa shape index (κ2) is 8.31. The zero-order valence-corrected chi connectivity index (χ0v) is 13.7. The van der Waals surface area contributed by atoms with E-state index in [9.17, 15) is 13.2 Å². The van der Waals surface area contributed by atoms with Crippen LogP contribution in [0.4, 0.5) is 13.2 Å². The molecule has 7 heteroatoms. The molecule has 0 saturated carbocycles. The lowest BCUT2D eigenvalue weighted by Gasteiger charge is -2.34. The Labute approximate surface area is 144 Å². The summed E-state index contributed by atoms with van der Waals surface area (Å²) in [6, 6.07) is 8.26. The summed E-state index contributed by atoms with van der Waals surface area (Å²) < 4.78 is 41.8. The summed E-state index contributed by atoms with van der Waals surface area (Å²) in [4.78, 5) is 8.46. The molecule has 1 fully saturated rings. The molecule has 1 aliphatic heterocycles. The molecule has 0 unspecified atom stereocenters. The predicted octanol–water partition coefficient (Wildman–Crippen LogP) is 3.14. The quantitative estimate of drug-likeness (QED) is 0.799. The predicted molar refractivity (Wildman–Crippen MR) is 87.8 cm³/mol. The van der Waals surface area contributed by atoms with Crippen molar-refractivity contribution in [1.29, 1.82) is 0 Å². The molecule has 0 spiro atoms. The molecule has 1 aromatic heterocycles. The van der Waals surface area contributed by atoms with Gasteiger partial charge in [0.1, 0.15) is 11.6 Å². The van der Waals surface area contributed by atoms with E-state index < -0.39 is 6.61 Å². The number of halogens is 3. The van der Waals surface area contributed by atoms with Crippen LogP contribution in [-0.2, 0) is 13.1 Å². The highest BCUT2D eigenvalue weighted by Gasteiger charge is 2.17. The molecule has 4 nitrogen and oxygen atoms in total. The van der Waals surface area contributed by atoms with Crippen molar-refractivity contribution in [3.8, 4) is 5.75 Å². The maximum atomic E-state index is 13.2. The van der Waals surface area contributed by atoms with Crippen LogP contribution in [0, 0.1) is 5.82 Å². The fraction of sp³-hybridized carbons (Fsp3) is 0.389. The Balaban J connectivity index is 1.46. The number of benzene rings is 1.